The van der Waals surface area contributed by atoms with Gasteiger partial charge in [0, 0.05) is 9.79 Å². The van der Waals surface area contributed by atoms with Crippen molar-refractivity contribution in [3.05, 3.63) is 60.2 Å². The molecule has 5 heteroatoms. The van der Waals surface area contributed by atoms with Gasteiger partial charge in [-0.25, -0.2) is 10.2 Å². The molecule has 0 atom stereocenters. The third-order valence-electron chi connectivity index (χ3n) is 2.75. The molecule has 0 fully saturated rings. The molecule has 0 aromatic heterocycles. The van der Waals surface area contributed by atoms with E-state index in [0.717, 1.165) is 16.2 Å². The standard InChI is InChI=1S/C16H16N2O2S/c1-12(17-18-16(19)20-2)13-8-10-15(11-9-13)21-14-6-4-3-5-7-14/h3-11H,1-2H3,(H,18,19). The molecule has 0 saturated heterocycles. The van der Waals surface area contributed by atoms with Crippen molar-refractivity contribution >= 4 is 23.6 Å². The van der Waals surface area contributed by atoms with Crippen LogP contribution in [0, 0.1) is 0 Å². The van der Waals surface area contributed by atoms with Crippen LogP contribution in [0.25, 0.3) is 0 Å². The minimum absolute atomic E-state index is 0.578. The van der Waals surface area contributed by atoms with Gasteiger partial charge in [0.05, 0.1) is 12.8 Å². The van der Waals surface area contributed by atoms with E-state index in [4.69, 9.17) is 0 Å². The van der Waals surface area contributed by atoms with E-state index >= 15 is 0 Å². The summed E-state index contributed by atoms with van der Waals surface area (Å²) in [5.74, 6) is 0. The van der Waals surface area contributed by atoms with Crippen molar-refractivity contribution in [2.75, 3.05) is 7.11 Å². The zero-order valence-corrected chi connectivity index (χ0v) is 12.7. The van der Waals surface area contributed by atoms with E-state index in [2.05, 4.69) is 27.4 Å². The molecule has 0 saturated carbocycles. The zero-order chi connectivity index (χ0) is 15.1. The molecule has 0 aliphatic carbocycles. The summed E-state index contributed by atoms with van der Waals surface area (Å²) in [6.07, 6.45) is -0.578. The molecule has 2 rings (SSSR count). The van der Waals surface area contributed by atoms with E-state index in [1.807, 2.05) is 49.4 Å². The Kier molecular flexibility index (Phi) is 5.40. The SMILES string of the molecule is COC(=O)NN=C(C)c1ccc(Sc2ccccc2)cc1. The summed E-state index contributed by atoms with van der Waals surface area (Å²) in [6.45, 7) is 1.83. The second-order valence-corrected chi connectivity index (χ2v) is 5.39. The molecule has 2 aromatic carbocycles. The number of amides is 1. The molecule has 2 aromatic rings. The number of ether oxygens (including phenoxy) is 1. The Balaban J connectivity index is 2.03. The number of nitrogens with zero attached hydrogens (tertiary/aromatic N) is 1. The van der Waals surface area contributed by atoms with Crippen LogP contribution in [0.4, 0.5) is 4.79 Å². The molecule has 0 bridgehead atoms. The molecule has 1 N–H and O–H groups in total. The summed E-state index contributed by atoms with van der Waals surface area (Å²) < 4.78 is 4.46. The van der Waals surface area contributed by atoms with Crippen LogP contribution in [0.2, 0.25) is 0 Å². The van der Waals surface area contributed by atoms with Gasteiger partial charge < -0.3 is 4.74 Å². The van der Waals surface area contributed by atoms with Crippen molar-refractivity contribution in [1.29, 1.82) is 0 Å². The molecule has 108 valence electrons. The number of carbonyl (C=O) groups excluding carboxylic acids is 1. The van der Waals surface area contributed by atoms with Crippen molar-refractivity contribution in [1.82, 2.24) is 5.43 Å². The van der Waals surface area contributed by atoms with Crippen LogP contribution >= 0.6 is 11.8 Å². The van der Waals surface area contributed by atoms with Gasteiger partial charge >= 0.3 is 6.09 Å². The molecule has 1 amide bonds. The van der Waals surface area contributed by atoms with E-state index < -0.39 is 6.09 Å². The zero-order valence-electron chi connectivity index (χ0n) is 11.9. The lowest BCUT2D eigenvalue weighted by Gasteiger charge is -2.04. The number of methoxy groups -OCH3 is 1. The number of rotatable bonds is 4. The molecule has 0 spiro atoms. The first-order valence-corrected chi connectivity index (χ1v) is 7.22. The number of benzene rings is 2. The number of hydrogen-bond acceptors (Lipinski definition) is 4. The van der Waals surface area contributed by atoms with Crippen LogP contribution < -0.4 is 5.43 Å². The normalized spacial score (nSPS) is 11.0. The molecule has 0 aliphatic heterocycles. The number of carbonyl (C=O) groups is 1. The van der Waals surface area contributed by atoms with Crippen molar-refractivity contribution in [2.45, 2.75) is 16.7 Å². The number of hydrazone groups is 1. The summed E-state index contributed by atoms with van der Waals surface area (Å²) in [7, 11) is 1.30. The van der Waals surface area contributed by atoms with Gasteiger partial charge in [0.2, 0.25) is 0 Å². The van der Waals surface area contributed by atoms with Gasteiger partial charge in [0.1, 0.15) is 0 Å². The highest BCUT2D eigenvalue weighted by molar-refractivity contribution is 7.99. The Bertz CT molecular complexity index is 624. The van der Waals surface area contributed by atoms with E-state index in [1.165, 1.54) is 12.0 Å². The topological polar surface area (TPSA) is 50.7 Å². The number of nitrogens with one attached hydrogen (secondary N) is 1. The first-order chi connectivity index (χ1) is 10.2. The highest BCUT2D eigenvalue weighted by Crippen LogP contribution is 2.27. The summed E-state index contributed by atoms with van der Waals surface area (Å²) in [6, 6.07) is 18.2. The Morgan fingerprint density at radius 2 is 1.67 bits per heavy atom. The molecule has 0 radical (unpaired) electrons. The Hall–Kier alpha value is -2.27. The average Bonchev–Trinajstić information content (AvgIpc) is 2.54. The third-order valence-corrected chi connectivity index (χ3v) is 3.77. The van der Waals surface area contributed by atoms with Crippen LogP contribution in [0.15, 0.2) is 69.5 Å². The lowest BCUT2D eigenvalue weighted by Crippen LogP contribution is -2.18. The quantitative estimate of drug-likeness (QED) is 0.688. The van der Waals surface area contributed by atoms with Gasteiger partial charge in [-0.2, -0.15) is 5.10 Å². The summed E-state index contributed by atoms with van der Waals surface area (Å²) in [4.78, 5) is 13.3. The molecule has 0 unspecified atom stereocenters. The van der Waals surface area contributed by atoms with Gasteiger partial charge in [0.15, 0.2) is 0 Å². The maximum atomic E-state index is 11.0. The van der Waals surface area contributed by atoms with E-state index in [9.17, 15) is 4.79 Å². The van der Waals surface area contributed by atoms with Gasteiger partial charge in [-0.05, 0) is 36.8 Å². The summed E-state index contributed by atoms with van der Waals surface area (Å²) in [5.41, 5.74) is 3.97. The predicted molar refractivity (Wildman–Crippen MR) is 84.8 cm³/mol. The van der Waals surface area contributed by atoms with E-state index in [0.29, 0.717) is 0 Å². The summed E-state index contributed by atoms with van der Waals surface area (Å²) in [5, 5.41) is 3.96. The Morgan fingerprint density at radius 3 is 2.29 bits per heavy atom. The van der Waals surface area contributed by atoms with Gasteiger partial charge in [-0.3, -0.25) is 0 Å². The lowest BCUT2D eigenvalue weighted by molar-refractivity contribution is 0.171. The minimum atomic E-state index is -0.578. The molecular formula is C16H16N2O2S. The predicted octanol–water partition coefficient (Wildman–Crippen LogP) is 3.92. The lowest BCUT2D eigenvalue weighted by atomic mass is 10.1. The average molecular weight is 300 g/mol. The number of hydrogen-bond donors (Lipinski definition) is 1. The highest BCUT2D eigenvalue weighted by atomic mass is 32.2. The van der Waals surface area contributed by atoms with Crippen LogP contribution in [-0.2, 0) is 4.74 Å². The molecule has 0 heterocycles. The highest BCUT2D eigenvalue weighted by Gasteiger charge is 2.01. The first-order valence-electron chi connectivity index (χ1n) is 6.40. The fourth-order valence-corrected chi connectivity index (χ4v) is 2.47. The minimum Gasteiger partial charge on any atom is -0.452 e. The molecule has 4 nitrogen and oxygen atoms in total. The maximum absolute atomic E-state index is 11.0. The van der Waals surface area contributed by atoms with Crippen molar-refractivity contribution in [2.24, 2.45) is 5.10 Å². The molecule has 21 heavy (non-hydrogen) atoms. The van der Waals surface area contributed by atoms with E-state index in [-0.39, 0.29) is 0 Å². The van der Waals surface area contributed by atoms with Gasteiger partial charge in [-0.15, -0.1) is 0 Å². The molecule has 0 aliphatic rings. The van der Waals surface area contributed by atoms with Crippen LogP contribution in [0.3, 0.4) is 0 Å². The van der Waals surface area contributed by atoms with Crippen molar-refractivity contribution in [3.63, 3.8) is 0 Å². The van der Waals surface area contributed by atoms with Gasteiger partial charge in [-0.1, -0.05) is 42.1 Å². The second-order valence-electron chi connectivity index (χ2n) is 4.24. The van der Waals surface area contributed by atoms with Crippen LogP contribution in [0.5, 0.6) is 0 Å². The van der Waals surface area contributed by atoms with Crippen LogP contribution in [0.1, 0.15) is 12.5 Å². The smallest absolute Gasteiger partial charge is 0.427 e. The largest absolute Gasteiger partial charge is 0.452 e. The van der Waals surface area contributed by atoms with Crippen molar-refractivity contribution in [3.8, 4) is 0 Å². The van der Waals surface area contributed by atoms with Crippen molar-refractivity contribution < 1.29 is 9.53 Å². The third kappa shape index (κ3) is 4.65. The second kappa shape index (κ2) is 7.50. The fourth-order valence-electron chi connectivity index (χ4n) is 1.63. The van der Waals surface area contributed by atoms with Crippen LogP contribution in [-0.4, -0.2) is 18.9 Å². The van der Waals surface area contributed by atoms with E-state index in [1.54, 1.807) is 11.8 Å². The first kappa shape index (κ1) is 15.1. The fraction of sp³-hybridized carbons (Fsp3) is 0.125. The maximum Gasteiger partial charge on any atom is 0.427 e. The Labute approximate surface area is 128 Å². The Morgan fingerprint density at radius 1 is 1.05 bits per heavy atom. The van der Waals surface area contributed by atoms with Gasteiger partial charge in [0.25, 0.3) is 0 Å². The summed E-state index contributed by atoms with van der Waals surface area (Å²) >= 11 is 1.70. The molecular weight excluding hydrogens is 284 g/mol. The monoisotopic (exact) mass is 300 g/mol.